The summed E-state index contributed by atoms with van der Waals surface area (Å²) in [5.74, 6) is -0.00760. The van der Waals surface area contributed by atoms with Crippen molar-refractivity contribution < 1.29 is 24.1 Å². The molecule has 0 heterocycles. The number of hydrogen-bond donors (Lipinski definition) is 1. The molecule has 1 N–H and O–H groups in total. The molecule has 128 valence electrons. The van der Waals surface area contributed by atoms with E-state index in [9.17, 15) is 9.90 Å². The van der Waals surface area contributed by atoms with Crippen LogP contribution in [-0.2, 0) is 6.61 Å². The Morgan fingerprint density at radius 2 is 1.54 bits per heavy atom. The molecule has 24 heavy (non-hydrogen) atoms. The van der Waals surface area contributed by atoms with Gasteiger partial charge in [0.05, 0.1) is 19.8 Å². The van der Waals surface area contributed by atoms with E-state index in [0.717, 1.165) is 16.7 Å². The normalized spacial score (nSPS) is 10.4. The molecule has 0 aromatic heterocycles. The molecule has 0 fully saturated rings. The molecule has 0 saturated heterocycles. The summed E-state index contributed by atoms with van der Waals surface area (Å²) in [6.45, 7) is 6.43. The van der Waals surface area contributed by atoms with Crippen molar-refractivity contribution in [2.45, 2.75) is 27.4 Å². The molecule has 0 atom stereocenters. The number of carboxylic acid groups (broad SMARTS) is 1. The van der Waals surface area contributed by atoms with Gasteiger partial charge >= 0.3 is 5.97 Å². The lowest BCUT2D eigenvalue weighted by Gasteiger charge is -2.17. The lowest BCUT2D eigenvalue weighted by Crippen LogP contribution is -2.05. The van der Waals surface area contributed by atoms with Gasteiger partial charge in [-0.15, -0.1) is 0 Å². The van der Waals surface area contributed by atoms with Crippen molar-refractivity contribution in [3.05, 3.63) is 52.1 Å². The summed E-state index contributed by atoms with van der Waals surface area (Å²) in [5.41, 5.74) is 4.61. The zero-order valence-electron chi connectivity index (χ0n) is 14.6. The Bertz CT molecular complexity index is 742. The summed E-state index contributed by atoms with van der Waals surface area (Å²) in [5, 5.41) is 9.24. The third-order valence-electron chi connectivity index (χ3n) is 3.90. The number of carbonyl (C=O) groups is 1. The molecule has 0 radical (unpaired) electrons. The van der Waals surface area contributed by atoms with Gasteiger partial charge in [-0.3, -0.25) is 0 Å². The van der Waals surface area contributed by atoms with Gasteiger partial charge in [-0.1, -0.05) is 17.7 Å². The molecule has 0 bridgehead atoms. The Hall–Kier alpha value is -2.69. The Labute approximate surface area is 141 Å². The van der Waals surface area contributed by atoms with E-state index in [4.69, 9.17) is 14.2 Å². The predicted octanol–water partition coefficient (Wildman–Crippen LogP) is 3.91. The fraction of sp³-hybridized carbons (Fsp3) is 0.316. The summed E-state index contributed by atoms with van der Waals surface area (Å²) in [7, 11) is 2.95. The first kappa shape index (κ1) is 17.7. The molecule has 0 aliphatic rings. The second-order valence-corrected chi connectivity index (χ2v) is 5.68. The molecule has 0 unspecified atom stereocenters. The molecule has 5 heteroatoms. The van der Waals surface area contributed by atoms with Crippen molar-refractivity contribution in [2.75, 3.05) is 14.2 Å². The summed E-state index contributed by atoms with van der Waals surface area (Å²) in [4.78, 5) is 11.3. The van der Waals surface area contributed by atoms with Crippen LogP contribution >= 0.6 is 0 Å². The maximum atomic E-state index is 11.3. The van der Waals surface area contributed by atoms with Crippen LogP contribution in [0.3, 0.4) is 0 Å². The standard InChI is InChI=1S/C19H22O5/c1-11-6-12(2)15(13(3)7-11)10-24-17-9-14(19(20)21)8-16(22-4)18(17)23-5/h6-9H,10H2,1-5H3,(H,20,21). The van der Waals surface area contributed by atoms with Crippen LogP contribution in [0.2, 0.25) is 0 Å². The third kappa shape index (κ3) is 3.62. The van der Waals surface area contributed by atoms with Gasteiger partial charge in [-0.05, 0) is 49.6 Å². The van der Waals surface area contributed by atoms with Crippen LogP contribution < -0.4 is 14.2 Å². The highest BCUT2D eigenvalue weighted by Gasteiger charge is 2.17. The molecule has 2 aromatic rings. The number of rotatable bonds is 6. The monoisotopic (exact) mass is 330 g/mol. The smallest absolute Gasteiger partial charge is 0.335 e. The first-order valence-electron chi connectivity index (χ1n) is 7.56. The van der Waals surface area contributed by atoms with Crippen LogP contribution in [0.4, 0.5) is 0 Å². The number of methoxy groups -OCH3 is 2. The Kier molecular flexibility index (Phi) is 5.34. The molecule has 0 amide bonds. The summed E-state index contributed by atoms with van der Waals surface area (Å²) >= 11 is 0. The van der Waals surface area contributed by atoms with E-state index in [0.29, 0.717) is 23.9 Å². The number of aryl methyl sites for hydroxylation is 3. The number of hydrogen-bond acceptors (Lipinski definition) is 4. The van der Waals surface area contributed by atoms with Gasteiger partial charge in [0.2, 0.25) is 5.75 Å². The largest absolute Gasteiger partial charge is 0.493 e. The number of ether oxygens (including phenoxy) is 3. The molecular weight excluding hydrogens is 308 g/mol. The van der Waals surface area contributed by atoms with Gasteiger partial charge in [0.15, 0.2) is 11.5 Å². The van der Waals surface area contributed by atoms with Crippen molar-refractivity contribution in [1.29, 1.82) is 0 Å². The summed E-state index contributed by atoms with van der Waals surface area (Å²) in [6.07, 6.45) is 0. The predicted molar refractivity (Wildman–Crippen MR) is 91.5 cm³/mol. The average Bonchev–Trinajstić information content (AvgIpc) is 2.52. The van der Waals surface area contributed by atoms with Crippen LogP contribution in [0, 0.1) is 20.8 Å². The van der Waals surface area contributed by atoms with E-state index in [1.807, 2.05) is 13.8 Å². The second kappa shape index (κ2) is 7.25. The van der Waals surface area contributed by atoms with E-state index in [-0.39, 0.29) is 5.56 Å². The van der Waals surface area contributed by atoms with E-state index >= 15 is 0 Å². The number of carboxylic acids is 1. The van der Waals surface area contributed by atoms with Gasteiger partial charge in [0.1, 0.15) is 6.61 Å². The summed E-state index contributed by atoms with van der Waals surface area (Å²) in [6, 6.07) is 7.05. The Balaban J connectivity index is 2.39. The van der Waals surface area contributed by atoms with Crippen molar-refractivity contribution in [3.8, 4) is 17.2 Å². The third-order valence-corrected chi connectivity index (χ3v) is 3.90. The molecule has 2 aromatic carbocycles. The number of aromatic carboxylic acids is 1. The summed E-state index contributed by atoms with van der Waals surface area (Å²) < 4.78 is 16.4. The highest BCUT2D eigenvalue weighted by Crippen LogP contribution is 2.39. The van der Waals surface area contributed by atoms with Crippen molar-refractivity contribution >= 4 is 5.97 Å². The maximum Gasteiger partial charge on any atom is 0.335 e. The van der Waals surface area contributed by atoms with Gasteiger partial charge in [-0.25, -0.2) is 4.79 Å². The minimum absolute atomic E-state index is 0.0833. The lowest BCUT2D eigenvalue weighted by molar-refractivity contribution is 0.0695. The minimum atomic E-state index is -1.05. The first-order chi connectivity index (χ1) is 11.4. The number of benzene rings is 2. The fourth-order valence-corrected chi connectivity index (χ4v) is 2.75. The van der Waals surface area contributed by atoms with E-state index in [1.165, 1.54) is 31.9 Å². The molecule has 0 aliphatic carbocycles. The van der Waals surface area contributed by atoms with Crippen LogP contribution in [0.15, 0.2) is 24.3 Å². The van der Waals surface area contributed by atoms with Crippen LogP contribution in [0.1, 0.15) is 32.6 Å². The maximum absolute atomic E-state index is 11.3. The van der Waals surface area contributed by atoms with E-state index in [2.05, 4.69) is 19.1 Å². The van der Waals surface area contributed by atoms with Crippen LogP contribution in [0.25, 0.3) is 0 Å². The molecule has 0 spiro atoms. The molecule has 2 rings (SSSR count). The topological polar surface area (TPSA) is 65.0 Å². The van der Waals surface area contributed by atoms with Crippen LogP contribution in [-0.4, -0.2) is 25.3 Å². The average molecular weight is 330 g/mol. The van der Waals surface area contributed by atoms with E-state index in [1.54, 1.807) is 0 Å². The highest BCUT2D eigenvalue weighted by molar-refractivity contribution is 5.89. The SMILES string of the molecule is COc1cc(C(=O)O)cc(OCc2c(C)cc(C)cc2C)c1OC. The van der Waals surface area contributed by atoms with Gasteiger partial charge in [0, 0.05) is 0 Å². The minimum Gasteiger partial charge on any atom is -0.493 e. The van der Waals surface area contributed by atoms with Crippen LogP contribution in [0.5, 0.6) is 17.2 Å². The molecule has 5 nitrogen and oxygen atoms in total. The molecule has 0 aliphatic heterocycles. The zero-order valence-corrected chi connectivity index (χ0v) is 14.6. The second-order valence-electron chi connectivity index (χ2n) is 5.68. The van der Waals surface area contributed by atoms with Crippen molar-refractivity contribution in [2.24, 2.45) is 0 Å². The molecule has 0 saturated carbocycles. The van der Waals surface area contributed by atoms with Crippen molar-refractivity contribution in [1.82, 2.24) is 0 Å². The highest BCUT2D eigenvalue weighted by atomic mass is 16.5. The van der Waals surface area contributed by atoms with Gasteiger partial charge in [0.25, 0.3) is 0 Å². The quantitative estimate of drug-likeness (QED) is 0.870. The Morgan fingerprint density at radius 1 is 0.958 bits per heavy atom. The van der Waals surface area contributed by atoms with Gasteiger partial charge < -0.3 is 19.3 Å². The lowest BCUT2D eigenvalue weighted by atomic mass is 10.0. The molecular formula is C19H22O5. The zero-order chi connectivity index (χ0) is 17.9. The van der Waals surface area contributed by atoms with E-state index < -0.39 is 5.97 Å². The fourth-order valence-electron chi connectivity index (χ4n) is 2.75. The first-order valence-corrected chi connectivity index (χ1v) is 7.56. The van der Waals surface area contributed by atoms with Gasteiger partial charge in [-0.2, -0.15) is 0 Å². The van der Waals surface area contributed by atoms with Crippen molar-refractivity contribution in [3.63, 3.8) is 0 Å². The Morgan fingerprint density at radius 3 is 2.04 bits per heavy atom.